The Morgan fingerprint density at radius 1 is 0.759 bits per heavy atom. The third-order valence-electron chi connectivity index (χ3n) is 5.70. The summed E-state index contributed by atoms with van der Waals surface area (Å²) in [5, 5.41) is 0. The van der Waals surface area contributed by atoms with Crippen molar-refractivity contribution in [3.05, 3.63) is 0 Å². The molecule has 3 heteroatoms. The molecule has 29 heavy (non-hydrogen) atoms. The topological polar surface area (TPSA) is 26.3 Å². The van der Waals surface area contributed by atoms with Gasteiger partial charge in [0.25, 0.3) is 0 Å². The largest absolute Gasteiger partial charge is 0.465 e. The molecule has 0 aromatic carbocycles. The monoisotopic (exact) mass is 428 g/mol. The van der Waals surface area contributed by atoms with Crippen LogP contribution in [0.15, 0.2) is 0 Å². The molecule has 2 nitrogen and oxygen atoms in total. The third-order valence-corrected chi connectivity index (χ3v) is 7.32. The molecule has 0 unspecified atom stereocenters. The lowest BCUT2D eigenvalue weighted by Crippen LogP contribution is -2.38. The van der Waals surface area contributed by atoms with E-state index in [-0.39, 0.29) is 10.7 Å². The predicted octanol–water partition coefficient (Wildman–Crippen LogP) is 8.81. The van der Waals surface area contributed by atoms with Gasteiger partial charge >= 0.3 is 5.97 Å². The third kappa shape index (κ3) is 15.3. The molecule has 0 aromatic heterocycles. The van der Waals surface area contributed by atoms with Gasteiger partial charge in [-0.15, -0.1) is 11.8 Å². The number of hydrogen-bond donors (Lipinski definition) is 0. The minimum atomic E-state index is -0.307. The number of rotatable bonds is 20. The van der Waals surface area contributed by atoms with Crippen molar-refractivity contribution in [2.45, 2.75) is 136 Å². The van der Waals surface area contributed by atoms with E-state index in [1.807, 2.05) is 11.8 Å². The lowest BCUT2D eigenvalue weighted by atomic mass is 9.92. The van der Waals surface area contributed by atoms with Gasteiger partial charge in [-0.05, 0) is 43.3 Å². The van der Waals surface area contributed by atoms with E-state index < -0.39 is 0 Å². The normalized spacial score (nSPS) is 12.1. The Morgan fingerprint density at radius 3 is 1.72 bits per heavy atom. The SMILES string of the molecule is CCCCOC(=O)C(CCCCCC(C)C)(CCCCCC(C)C)SCCCC. The van der Waals surface area contributed by atoms with Crippen LogP contribution in [0.4, 0.5) is 0 Å². The number of thioether (sulfide) groups is 1. The Kier molecular flexibility index (Phi) is 18.5. The van der Waals surface area contributed by atoms with E-state index in [1.54, 1.807) is 0 Å². The molecule has 0 heterocycles. The second kappa shape index (κ2) is 18.6. The molecule has 0 aliphatic heterocycles. The first-order valence-corrected chi connectivity index (χ1v) is 13.7. The maximum Gasteiger partial charge on any atom is 0.322 e. The van der Waals surface area contributed by atoms with Gasteiger partial charge in [0.2, 0.25) is 0 Å². The first kappa shape index (κ1) is 28.8. The van der Waals surface area contributed by atoms with Gasteiger partial charge in [0.1, 0.15) is 4.75 Å². The van der Waals surface area contributed by atoms with Crippen molar-refractivity contribution >= 4 is 17.7 Å². The molecular formula is C26H52O2S. The highest BCUT2D eigenvalue weighted by molar-refractivity contribution is 8.01. The highest BCUT2D eigenvalue weighted by atomic mass is 32.2. The first-order chi connectivity index (χ1) is 13.9. The number of carbonyl (C=O) groups excluding carboxylic acids is 1. The summed E-state index contributed by atoms with van der Waals surface area (Å²) in [7, 11) is 0. The van der Waals surface area contributed by atoms with Crippen LogP contribution in [0.2, 0.25) is 0 Å². The number of unbranched alkanes of at least 4 members (excludes halogenated alkanes) is 6. The number of esters is 1. The van der Waals surface area contributed by atoms with E-state index in [1.165, 1.54) is 51.4 Å². The summed E-state index contributed by atoms with van der Waals surface area (Å²) in [4.78, 5) is 13.2. The van der Waals surface area contributed by atoms with Crippen molar-refractivity contribution in [1.29, 1.82) is 0 Å². The van der Waals surface area contributed by atoms with Crippen LogP contribution in [0.3, 0.4) is 0 Å². The fourth-order valence-corrected chi connectivity index (χ4v) is 5.24. The summed E-state index contributed by atoms with van der Waals surface area (Å²) >= 11 is 1.91. The molecule has 0 aromatic rings. The number of hydrogen-bond acceptors (Lipinski definition) is 3. The van der Waals surface area contributed by atoms with Crippen molar-refractivity contribution in [3.8, 4) is 0 Å². The van der Waals surface area contributed by atoms with Gasteiger partial charge in [-0.25, -0.2) is 0 Å². The van der Waals surface area contributed by atoms with Crippen molar-refractivity contribution < 1.29 is 9.53 Å². The van der Waals surface area contributed by atoms with Crippen LogP contribution < -0.4 is 0 Å². The predicted molar refractivity (Wildman–Crippen MR) is 132 cm³/mol. The average molecular weight is 429 g/mol. The molecule has 0 aliphatic rings. The van der Waals surface area contributed by atoms with Gasteiger partial charge in [0.15, 0.2) is 0 Å². The Hall–Kier alpha value is -0.180. The van der Waals surface area contributed by atoms with Gasteiger partial charge in [-0.1, -0.05) is 106 Å². The zero-order chi connectivity index (χ0) is 22.0. The molecule has 0 aliphatic carbocycles. The Bertz CT molecular complexity index is 361. The zero-order valence-corrected chi connectivity index (χ0v) is 21.5. The molecule has 0 N–H and O–H groups in total. The maximum atomic E-state index is 13.2. The van der Waals surface area contributed by atoms with Gasteiger partial charge in [0.05, 0.1) is 6.61 Å². The second-order valence-corrected chi connectivity index (χ2v) is 11.2. The second-order valence-electron chi connectivity index (χ2n) is 9.67. The summed E-state index contributed by atoms with van der Waals surface area (Å²) in [6.07, 6.45) is 16.4. The smallest absolute Gasteiger partial charge is 0.322 e. The van der Waals surface area contributed by atoms with E-state index >= 15 is 0 Å². The molecule has 174 valence electrons. The van der Waals surface area contributed by atoms with Gasteiger partial charge in [-0.2, -0.15) is 0 Å². The molecule has 0 bridgehead atoms. The van der Waals surface area contributed by atoms with Gasteiger partial charge in [0, 0.05) is 0 Å². The van der Waals surface area contributed by atoms with E-state index in [9.17, 15) is 4.79 Å². The fourth-order valence-electron chi connectivity index (χ4n) is 3.66. The molecule has 0 atom stereocenters. The van der Waals surface area contributed by atoms with Crippen molar-refractivity contribution in [2.24, 2.45) is 11.8 Å². The summed E-state index contributed by atoms with van der Waals surface area (Å²) in [5.41, 5.74) is 0. The maximum absolute atomic E-state index is 13.2. The Balaban J connectivity index is 4.93. The fraction of sp³-hybridized carbons (Fsp3) is 0.962. The van der Waals surface area contributed by atoms with Crippen molar-refractivity contribution in [3.63, 3.8) is 0 Å². The van der Waals surface area contributed by atoms with Gasteiger partial charge < -0.3 is 4.74 Å². The van der Waals surface area contributed by atoms with Gasteiger partial charge in [-0.3, -0.25) is 4.79 Å². The summed E-state index contributed by atoms with van der Waals surface area (Å²) in [5.74, 6) is 2.72. The van der Waals surface area contributed by atoms with Crippen LogP contribution in [0.1, 0.15) is 131 Å². The van der Waals surface area contributed by atoms with Crippen molar-refractivity contribution in [2.75, 3.05) is 12.4 Å². The highest BCUT2D eigenvalue weighted by Crippen LogP contribution is 2.39. The lowest BCUT2D eigenvalue weighted by molar-refractivity contribution is -0.147. The molecule has 0 rings (SSSR count). The summed E-state index contributed by atoms with van der Waals surface area (Å²) in [6, 6.07) is 0. The Labute approximate surface area is 187 Å². The highest BCUT2D eigenvalue weighted by Gasteiger charge is 2.39. The van der Waals surface area contributed by atoms with E-state index in [2.05, 4.69) is 41.5 Å². The zero-order valence-electron chi connectivity index (χ0n) is 20.7. The lowest BCUT2D eigenvalue weighted by Gasteiger charge is -2.31. The van der Waals surface area contributed by atoms with Crippen LogP contribution in [-0.4, -0.2) is 23.1 Å². The van der Waals surface area contributed by atoms with Crippen LogP contribution >= 0.6 is 11.8 Å². The standard InChI is InChI=1S/C26H52O2S/c1-7-9-21-28-25(27)26(29-22-10-8-2,19-15-11-13-17-23(3)4)20-16-12-14-18-24(5)6/h23-24H,7-22H2,1-6H3. The minimum absolute atomic E-state index is 0.0831. The van der Waals surface area contributed by atoms with E-state index in [4.69, 9.17) is 4.74 Å². The van der Waals surface area contributed by atoms with Crippen LogP contribution in [0.5, 0.6) is 0 Å². The molecule has 0 saturated carbocycles. The van der Waals surface area contributed by atoms with Crippen LogP contribution in [0.25, 0.3) is 0 Å². The van der Waals surface area contributed by atoms with E-state index in [0.717, 1.165) is 56.1 Å². The van der Waals surface area contributed by atoms with E-state index in [0.29, 0.717) is 6.61 Å². The molecule has 0 saturated heterocycles. The molecule has 0 radical (unpaired) electrons. The summed E-state index contributed by atoms with van der Waals surface area (Å²) in [6.45, 7) is 14.2. The molecular weight excluding hydrogens is 376 g/mol. The average Bonchev–Trinajstić information content (AvgIpc) is 2.66. The number of ether oxygens (including phenoxy) is 1. The summed E-state index contributed by atoms with van der Waals surface area (Å²) < 4.78 is 5.50. The Morgan fingerprint density at radius 2 is 1.28 bits per heavy atom. The molecule has 0 amide bonds. The van der Waals surface area contributed by atoms with Crippen LogP contribution in [-0.2, 0) is 9.53 Å². The quantitative estimate of drug-likeness (QED) is 0.143. The minimum Gasteiger partial charge on any atom is -0.465 e. The first-order valence-electron chi connectivity index (χ1n) is 12.7. The molecule has 0 fully saturated rings. The van der Waals surface area contributed by atoms with Crippen molar-refractivity contribution in [1.82, 2.24) is 0 Å². The van der Waals surface area contributed by atoms with Crippen LogP contribution in [0, 0.1) is 11.8 Å². The molecule has 0 spiro atoms. The number of carbonyl (C=O) groups is 1.